The summed E-state index contributed by atoms with van der Waals surface area (Å²) in [5.74, 6) is 5.27. The first-order valence-corrected chi connectivity index (χ1v) is 16.0. The van der Waals surface area contributed by atoms with Crippen LogP contribution >= 0.6 is 11.3 Å². The molecule has 2 aliphatic rings. The van der Waals surface area contributed by atoms with Crippen LogP contribution in [-0.2, 0) is 29.0 Å². The first-order valence-electron chi connectivity index (χ1n) is 13.6. The molecule has 1 N–H and O–H groups in total. The number of ether oxygens (including phenoxy) is 1. The maximum Gasteiger partial charge on any atom is 0.253 e. The molecule has 10 heteroatoms. The lowest BCUT2D eigenvalue weighted by Gasteiger charge is -2.31. The zero-order valence-electron chi connectivity index (χ0n) is 22.3. The second-order valence-electron chi connectivity index (χ2n) is 9.91. The van der Waals surface area contributed by atoms with E-state index in [1.165, 1.54) is 11.3 Å². The third-order valence-corrected chi connectivity index (χ3v) is 10.9. The van der Waals surface area contributed by atoms with Crippen LogP contribution in [0.25, 0.3) is 0 Å². The van der Waals surface area contributed by atoms with Crippen LogP contribution in [0.15, 0.2) is 42.5 Å². The largest absolute Gasteiger partial charge is 0.350 e. The van der Waals surface area contributed by atoms with E-state index >= 15 is 0 Å². The monoisotopic (exact) mass is 572 g/mol. The van der Waals surface area contributed by atoms with Gasteiger partial charge in [-0.05, 0) is 49.9 Å². The lowest BCUT2D eigenvalue weighted by molar-refractivity contribution is -0.200. The van der Waals surface area contributed by atoms with Gasteiger partial charge in [-0.3, -0.25) is 9.59 Å². The number of nitrogens with one attached hydrogen (secondary N) is 1. The standard InChI is InChI=1S/C29H36N2O6S2/c1-2-3-4-8-13-24-15-16-25(38-24)29(22-26(32)30-37-27-14-9-10-20-36-27)17-18-31(19-21-39(29,34)35)28(33)23-11-6-5-7-12-23/h5-7,11-12,15-16,27H,2-4,9-10,14,17-22H2,1H3,(H,30,32). The zero-order chi connectivity index (χ0) is 27.7. The molecular weight excluding hydrogens is 536 g/mol. The van der Waals surface area contributed by atoms with Crippen LogP contribution in [0.2, 0.25) is 0 Å². The second-order valence-corrected chi connectivity index (χ2v) is 13.4. The molecule has 2 unspecified atom stereocenters. The average Bonchev–Trinajstić information content (AvgIpc) is 3.38. The Morgan fingerprint density at radius 1 is 1.18 bits per heavy atom. The van der Waals surface area contributed by atoms with Gasteiger partial charge in [0.05, 0.1) is 17.1 Å². The van der Waals surface area contributed by atoms with Gasteiger partial charge in [0.2, 0.25) is 5.91 Å². The summed E-state index contributed by atoms with van der Waals surface area (Å²) in [7, 11) is -3.86. The number of benzene rings is 1. The van der Waals surface area contributed by atoms with Crippen LogP contribution in [0, 0.1) is 11.8 Å². The quantitative estimate of drug-likeness (QED) is 0.286. The molecule has 0 radical (unpaired) electrons. The van der Waals surface area contributed by atoms with Gasteiger partial charge < -0.3 is 9.64 Å². The summed E-state index contributed by atoms with van der Waals surface area (Å²) in [5, 5.41) is 0. The highest BCUT2D eigenvalue weighted by Gasteiger charge is 2.50. The van der Waals surface area contributed by atoms with E-state index in [1.807, 2.05) is 12.1 Å². The molecule has 3 heterocycles. The number of thiophene rings is 1. The van der Waals surface area contributed by atoms with Gasteiger partial charge in [0.1, 0.15) is 4.75 Å². The van der Waals surface area contributed by atoms with E-state index in [0.717, 1.165) is 37.0 Å². The fourth-order valence-corrected chi connectivity index (χ4v) is 8.31. The molecule has 2 amide bonds. The second kappa shape index (κ2) is 13.6. The van der Waals surface area contributed by atoms with Crippen LogP contribution in [0.1, 0.15) is 78.4 Å². The number of sulfone groups is 1. The van der Waals surface area contributed by atoms with E-state index in [2.05, 4.69) is 24.2 Å². The third kappa shape index (κ3) is 7.28. The predicted molar refractivity (Wildman–Crippen MR) is 151 cm³/mol. The topological polar surface area (TPSA) is 102 Å². The highest BCUT2D eigenvalue weighted by Crippen LogP contribution is 2.43. The highest BCUT2D eigenvalue weighted by molar-refractivity contribution is 7.92. The predicted octanol–water partition coefficient (Wildman–Crippen LogP) is 4.41. The minimum atomic E-state index is -3.86. The summed E-state index contributed by atoms with van der Waals surface area (Å²) < 4.78 is 31.9. The third-order valence-electron chi connectivity index (χ3n) is 7.13. The average molecular weight is 573 g/mol. The first kappa shape index (κ1) is 29.3. The first-order chi connectivity index (χ1) is 18.8. The summed E-state index contributed by atoms with van der Waals surface area (Å²) in [5.41, 5.74) is 2.94. The van der Waals surface area contributed by atoms with Crippen molar-refractivity contribution in [3.8, 4) is 11.8 Å². The van der Waals surface area contributed by atoms with Crippen LogP contribution in [-0.4, -0.2) is 56.9 Å². The summed E-state index contributed by atoms with van der Waals surface area (Å²) in [6.07, 6.45) is 4.57. The van der Waals surface area contributed by atoms with Crippen molar-refractivity contribution in [2.24, 2.45) is 0 Å². The maximum absolute atomic E-state index is 14.0. The molecule has 1 aromatic heterocycles. The van der Waals surface area contributed by atoms with E-state index < -0.39 is 26.8 Å². The maximum atomic E-state index is 14.0. The van der Waals surface area contributed by atoms with Crippen LogP contribution < -0.4 is 5.48 Å². The summed E-state index contributed by atoms with van der Waals surface area (Å²) in [6.45, 7) is 2.91. The molecule has 2 atom stereocenters. The van der Waals surface area contributed by atoms with Gasteiger partial charge in [0.25, 0.3) is 5.91 Å². The van der Waals surface area contributed by atoms with Crippen molar-refractivity contribution in [2.45, 2.75) is 69.3 Å². The van der Waals surface area contributed by atoms with Gasteiger partial charge in [-0.15, -0.1) is 11.3 Å². The Bertz CT molecular complexity index is 1290. The smallest absolute Gasteiger partial charge is 0.253 e. The Morgan fingerprint density at radius 3 is 2.74 bits per heavy atom. The number of hydrogen-bond acceptors (Lipinski definition) is 7. The lowest BCUT2D eigenvalue weighted by atomic mass is 9.97. The van der Waals surface area contributed by atoms with E-state index in [9.17, 15) is 18.0 Å². The Kier molecular flexibility index (Phi) is 10.2. The molecule has 2 aromatic rings. The highest BCUT2D eigenvalue weighted by atomic mass is 32.2. The lowest BCUT2D eigenvalue weighted by Crippen LogP contribution is -2.43. The summed E-state index contributed by atoms with van der Waals surface area (Å²) in [4.78, 5) is 34.7. The van der Waals surface area contributed by atoms with Gasteiger partial charge in [-0.25, -0.2) is 18.7 Å². The number of amides is 2. The normalized spacial score (nSPS) is 22.8. The number of hydroxylamine groups is 1. The molecule has 0 aliphatic carbocycles. The van der Waals surface area contributed by atoms with Crippen molar-refractivity contribution < 1.29 is 27.6 Å². The number of carbonyl (C=O) groups excluding carboxylic acids is 2. The van der Waals surface area contributed by atoms with E-state index in [-0.39, 0.29) is 37.6 Å². The number of nitrogens with zero attached hydrogens (tertiary/aromatic N) is 1. The number of unbranched alkanes of at least 4 members (excludes halogenated alkanes) is 2. The molecule has 39 heavy (non-hydrogen) atoms. The van der Waals surface area contributed by atoms with Gasteiger partial charge >= 0.3 is 0 Å². The molecular formula is C29H36N2O6S2. The molecule has 0 saturated carbocycles. The van der Waals surface area contributed by atoms with Crippen LogP contribution in [0.5, 0.6) is 0 Å². The van der Waals surface area contributed by atoms with Gasteiger partial charge in [-0.2, -0.15) is 0 Å². The zero-order valence-corrected chi connectivity index (χ0v) is 24.0. The Morgan fingerprint density at radius 2 is 2.00 bits per heavy atom. The van der Waals surface area contributed by atoms with Crippen molar-refractivity contribution in [1.82, 2.24) is 10.4 Å². The molecule has 2 aliphatic heterocycles. The van der Waals surface area contributed by atoms with Crippen molar-refractivity contribution in [3.05, 3.63) is 57.8 Å². The molecule has 1 aromatic carbocycles. The Labute approximate surface area is 234 Å². The fourth-order valence-electron chi connectivity index (χ4n) is 4.83. The van der Waals surface area contributed by atoms with Crippen LogP contribution in [0.3, 0.4) is 0 Å². The Hall–Kier alpha value is -2.71. The van der Waals surface area contributed by atoms with E-state index in [0.29, 0.717) is 23.5 Å². The minimum Gasteiger partial charge on any atom is -0.350 e. The van der Waals surface area contributed by atoms with Crippen molar-refractivity contribution >= 4 is 33.0 Å². The molecule has 4 rings (SSSR count). The SMILES string of the molecule is CCCCC#Cc1ccc(C2(CC(=O)NOC3CCCCO3)CCN(C(=O)c3ccccc3)CCS2(=O)=O)s1. The molecule has 0 bridgehead atoms. The number of carbonyl (C=O) groups is 2. The van der Waals surface area contributed by atoms with Crippen molar-refractivity contribution in [1.29, 1.82) is 0 Å². The Balaban J connectivity index is 1.60. The van der Waals surface area contributed by atoms with Gasteiger partial charge in [-0.1, -0.05) is 43.4 Å². The summed E-state index contributed by atoms with van der Waals surface area (Å²) in [6, 6.07) is 12.4. The molecule has 2 saturated heterocycles. The molecule has 2 fully saturated rings. The molecule has 0 spiro atoms. The van der Waals surface area contributed by atoms with Gasteiger partial charge in [0.15, 0.2) is 16.1 Å². The minimum absolute atomic E-state index is 0.0564. The van der Waals surface area contributed by atoms with Crippen molar-refractivity contribution in [3.63, 3.8) is 0 Å². The van der Waals surface area contributed by atoms with E-state index in [4.69, 9.17) is 9.57 Å². The molecule has 8 nitrogen and oxygen atoms in total. The number of hydrogen-bond donors (Lipinski definition) is 1. The van der Waals surface area contributed by atoms with E-state index in [1.54, 1.807) is 35.2 Å². The summed E-state index contributed by atoms with van der Waals surface area (Å²) >= 11 is 1.30. The van der Waals surface area contributed by atoms with Gasteiger partial charge in [0, 0.05) is 43.0 Å². The van der Waals surface area contributed by atoms with Crippen molar-refractivity contribution in [2.75, 3.05) is 25.4 Å². The molecule has 210 valence electrons. The number of rotatable bonds is 8. The fraction of sp³-hybridized carbons (Fsp3) is 0.517. The van der Waals surface area contributed by atoms with Crippen LogP contribution in [0.4, 0.5) is 0 Å².